The van der Waals surface area contributed by atoms with E-state index in [0.29, 0.717) is 27.8 Å². The van der Waals surface area contributed by atoms with Gasteiger partial charge in [0.1, 0.15) is 30.9 Å². The van der Waals surface area contributed by atoms with Crippen molar-refractivity contribution >= 4 is 90.6 Å². The Bertz CT molecular complexity index is 8210. The smallest absolute Gasteiger partial charge is 0.744 e. The van der Waals surface area contributed by atoms with E-state index in [1.54, 1.807) is 84.9 Å². The van der Waals surface area contributed by atoms with E-state index in [0.717, 1.165) is 119 Å². The maximum Gasteiger partial charge on any atom is 1.00 e. The predicted molar refractivity (Wildman–Crippen MR) is 485 cm³/mol. The summed E-state index contributed by atoms with van der Waals surface area (Å²) in [5.74, 6) is 0.178. The molecule has 4 aliphatic heterocycles. The van der Waals surface area contributed by atoms with Gasteiger partial charge < -0.3 is 13.3 Å². The fourth-order valence-corrected chi connectivity index (χ4v) is 25.2. The molecule has 0 atom stereocenters. The number of para-hydroxylation sites is 1. The number of fused-ring (bicyclic) bond motifs is 13. The molecule has 0 amide bonds. The molecule has 4 aliphatic rings. The van der Waals surface area contributed by atoms with E-state index in [4.69, 9.17) is 4.18 Å². The van der Waals surface area contributed by atoms with Crippen LogP contribution in [0.2, 0.25) is 0 Å². The maximum absolute atomic E-state index is 13.2. The molecule has 0 bridgehead atoms. The van der Waals surface area contributed by atoms with Crippen molar-refractivity contribution in [3.8, 4) is 128 Å². The minimum atomic E-state index is -4.70. The second-order valence-electron chi connectivity index (χ2n) is 30.1. The first-order valence-corrected chi connectivity index (χ1v) is 50.7. The van der Waals surface area contributed by atoms with E-state index in [2.05, 4.69) is 0 Å². The van der Waals surface area contributed by atoms with Gasteiger partial charge in [-0.1, -0.05) is 249 Å². The summed E-state index contributed by atoms with van der Waals surface area (Å²) in [5.41, 5.74) is 16.1. The van der Waals surface area contributed by atoms with E-state index in [-0.39, 0.29) is 131 Å². The van der Waals surface area contributed by atoms with E-state index >= 15 is 0 Å². The van der Waals surface area contributed by atoms with Gasteiger partial charge in [0, 0.05) is 44.5 Å². The number of rotatable bonds is 13. The van der Waals surface area contributed by atoms with Crippen LogP contribution in [0.4, 0.5) is 0 Å². The summed E-state index contributed by atoms with van der Waals surface area (Å²) in [4.78, 5) is -0.731. The zero-order chi connectivity index (χ0) is 89.6. The van der Waals surface area contributed by atoms with E-state index < -0.39 is 89.6 Å². The van der Waals surface area contributed by atoms with Crippen molar-refractivity contribution in [3.63, 3.8) is 0 Å². The molecular weight excluding hydrogens is 1820 g/mol. The van der Waals surface area contributed by atoms with Crippen molar-refractivity contribution in [2.45, 2.75) is 58.7 Å². The van der Waals surface area contributed by atoms with Crippen LogP contribution in [0.1, 0.15) is 0 Å². The molecule has 0 radical (unpaired) electrons. The van der Waals surface area contributed by atoms with Gasteiger partial charge in [-0.15, -0.1) is 0 Å². The number of benzene rings is 17. The van der Waals surface area contributed by atoms with E-state index in [1.807, 2.05) is 206 Å². The quantitative estimate of drug-likeness (QED) is 0.0636. The molecule has 20 nitrogen and oxygen atoms in total. The fraction of sp³-hybridized carbons (Fsp3) is 0. The molecule has 30 heteroatoms. The van der Waals surface area contributed by atoms with Crippen LogP contribution >= 0.6 is 0 Å². The number of sulfone groups is 4. The Kier molecular flexibility index (Phi) is 25.0. The molecule has 0 unspecified atom stereocenters. The summed E-state index contributed by atoms with van der Waals surface area (Å²) >= 11 is 0. The van der Waals surface area contributed by atoms with Crippen molar-refractivity contribution in [3.05, 3.63) is 382 Å². The first-order chi connectivity index (χ1) is 61.1. The third-order valence-corrected chi connectivity index (χ3v) is 33.6. The summed E-state index contributed by atoms with van der Waals surface area (Å²) in [6.45, 7) is 0. The van der Waals surface area contributed by atoms with Crippen LogP contribution < -0.4 is 63.3 Å². The first-order valence-electron chi connectivity index (χ1n) is 39.1. The van der Waals surface area contributed by atoms with Gasteiger partial charge in [-0.05, 0) is 222 Å². The van der Waals surface area contributed by atoms with E-state index in [1.165, 1.54) is 60.7 Å². The van der Waals surface area contributed by atoms with Crippen LogP contribution in [0.15, 0.2) is 441 Å². The third-order valence-electron chi connectivity index (χ3n) is 22.4. The third kappa shape index (κ3) is 17.6. The molecule has 4 heterocycles. The molecule has 0 saturated heterocycles. The molecule has 0 fully saturated rings. The molecular formula is C100H64Na2O20S8. The van der Waals surface area contributed by atoms with Gasteiger partial charge in [-0.25, -0.2) is 50.5 Å². The second kappa shape index (κ2) is 35.5. The van der Waals surface area contributed by atoms with Gasteiger partial charge in [-0.3, -0.25) is 4.55 Å². The van der Waals surface area contributed by atoms with Crippen LogP contribution in [0.25, 0.3) is 133 Å². The normalized spacial score (nSPS) is 13.8. The largest absolute Gasteiger partial charge is 1.00 e. The zero-order valence-electron chi connectivity index (χ0n) is 68.3. The molecule has 1 N–H and O–H groups in total. The second-order valence-corrected chi connectivity index (χ2v) is 43.4. The van der Waals surface area contributed by atoms with Gasteiger partial charge in [0.05, 0.1) is 53.9 Å². The molecule has 634 valence electrons. The molecule has 17 aromatic carbocycles. The number of hydrogen-bond donors (Lipinski definition) is 1. The van der Waals surface area contributed by atoms with Gasteiger partial charge in [-0.2, -0.15) is 16.8 Å². The Labute approximate surface area is 795 Å². The van der Waals surface area contributed by atoms with E-state index in [9.17, 15) is 81.0 Å². The zero-order valence-corrected chi connectivity index (χ0v) is 78.9. The predicted octanol–water partition coefficient (Wildman–Crippen LogP) is 14.7. The van der Waals surface area contributed by atoms with Crippen LogP contribution in [-0.4, -0.2) is 81.0 Å². The Morgan fingerprint density at radius 3 is 0.777 bits per heavy atom. The summed E-state index contributed by atoms with van der Waals surface area (Å²) in [6.07, 6.45) is 0. The summed E-state index contributed by atoms with van der Waals surface area (Å²) < 4.78 is 236. The average Bonchev–Trinajstić information content (AvgIpc) is 1.59. The van der Waals surface area contributed by atoms with Crippen molar-refractivity contribution in [2.24, 2.45) is 0 Å². The van der Waals surface area contributed by atoms with Crippen LogP contribution in [0.5, 0.6) is 5.75 Å². The fourth-order valence-electron chi connectivity index (χ4n) is 16.1. The van der Waals surface area contributed by atoms with Gasteiger partial charge in [0.2, 0.25) is 39.3 Å². The SMILES string of the molecule is O=S(=O)(O)c1ccc2c(c1)-c1cc(-c3ccc(-c4ccccc4)cc3)ccc1S2(=O)=O.O=S(=O)(Oc1ccccc1)c1ccc2c(c1)-c1cc(-c3ccc(-c4ccccc4)cc3)ccc1S2(=O)=O.O=S(=O)([O-])c1ccc2c(c1)-c1cc(-c3ccc(-c4ccccc4)cc3)ccc1S2(=O)=O.O=S(=O)([O-])c1ccc2c(c1)-c1cc(-c3cccc4ccccc34)ccc1S2(=O)=O.[Na+].[Na+]. The van der Waals surface area contributed by atoms with Gasteiger partial charge in [0.25, 0.3) is 10.1 Å². The molecule has 17 aromatic rings. The topological polar surface area (TPSA) is 349 Å². The monoisotopic (exact) mass is 1890 g/mol. The standard InChI is InChI=1S/C30H20O5S2.2C24H16O5S2.C22H14O5S2.2Na/c31-36(32)29-17-15-24(23-13-11-22(12-14-23)21-7-3-1-4-8-21)19-27(29)28-20-26(16-18-30(28)36)37(33,34)35-25-9-5-2-6-10-25;2*25-30(26)23-12-10-19(18-8-6-17(7-9-18)16-4-2-1-3-5-16)14-21(23)22-15-20(31(27,28)29)11-13-24(22)30;23-28(24)21-10-8-15(18-7-3-5-14-4-1-2-6-17(14)18)12-19(21)20-13-16(29(25,26)27)9-11-22(20)28;;/h1-20H;2*1-15H,(H,27,28,29);1-13H,(H,25,26,27);;/q;;;;2*+1/p-2. The molecule has 21 rings (SSSR count). The average molecular weight is 1890 g/mol. The summed E-state index contributed by atoms with van der Waals surface area (Å²) in [6, 6.07) is 110. The Morgan fingerprint density at radius 1 is 0.215 bits per heavy atom. The Morgan fingerprint density at radius 2 is 0.446 bits per heavy atom. The first kappa shape index (κ1) is 91.6. The van der Waals surface area contributed by atoms with Crippen molar-refractivity contribution < 1.29 is 144 Å². The van der Waals surface area contributed by atoms with Crippen molar-refractivity contribution in [2.75, 3.05) is 0 Å². The molecule has 0 spiro atoms. The van der Waals surface area contributed by atoms with Crippen molar-refractivity contribution in [1.82, 2.24) is 0 Å². The molecule has 0 aromatic heterocycles. The van der Waals surface area contributed by atoms with Gasteiger partial charge >= 0.3 is 69.2 Å². The minimum Gasteiger partial charge on any atom is -0.744 e. The molecule has 0 aliphatic carbocycles. The van der Waals surface area contributed by atoms with Crippen LogP contribution in [0, 0.1) is 0 Å². The summed E-state index contributed by atoms with van der Waals surface area (Å²) in [7, 11) is -33.1. The Hall–Kier alpha value is -11.7. The Balaban J connectivity index is 0.000000127. The molecule has 130 heavy (non-hydrogen) atoms. The maximum atomic E-state index is 13.2. The number of hydrogen-bond acceptors (Lipinski definition) is 19. The summed E-state index contributed by atoms with van der Waals surface area (Å²) in [5, 5.41) is 2.07. The minimum absolute atomic E-state index is 0. The van der Waals surface area contributed by atoms with Crippen LogP contribution in [0.3, 0.4) is 0 Å². The van der Waals surface area contributed by atoms with Crippen LogP contribution in [-0.2, 0) is 79.8 Å². The molecule has 0 saturated carbocycles. The van der Waals surface area contributed by atoms with Gasteiger partial charge in [0.15, 0.2) is 0 Å². The van der Waals surface area contributed by atoms with Crippen molar-refractivity contribution in [1.29, 1.82) is 0 Å².